The SMILES string of the molecule is CC(C)CC1CCCC(CN)(N2CCCSCC2)C1. The first-order valence-electron chi connectivity index (χ1n) is 8.19. The molecule has 2 unspecified atom stereocenters. The second-order valence-electron chi connectivity index (χ2n) is 6.97. The molecule has 3 heteroatoms. The maximum Gasteiger partial charge on any atom is 0.0334 e. The highest BCUT2D eigenvalue weighted by atomic mass is 32.2. The van der Waals surface area contributed by atoms with Crippen molar-refractivity contribution in [1.82, 2.24) is 4.90 Å². The lowest BCUT2D eigenvalue weighted by Gasteiger charge is -2.48. The predicted octanol–water partition coefficient (Wildman–Crippen LogP) is 3.36. The maximum absolute atomic E-state index is 6.26. The van der Waals surface area contributed by atoms with Gasteiger partial charge in [-0.2, -0.15) is 11.8 Å². The average Bonchev–Trinajstić information content (AvgIpc) is 2.67. The second kappa shape index (κ2) is 7.33. The van der Waals surface area contributed by atoms with Crippen LogP contribution in [0, 0.1) is 11.8 Å². The van der Waals surface area contributed by atoms with Crippen LogP contribution in [0.25, 0.3) is 0 Å². The lowest BCUT2D eigenvalue weighted by atomic mass is 9.72. The highest BCUT2D eigenvalue weighted by molar-refractivity contribution is 7.99. The van der Waals surface area contributed by atoms with Gasteiger partial charge in [-0.15, -0.1) is 0 Å². The molecule has 0 aromatic rings. The quantitative estimate of drug-likeness (QED) is 0.858. The summed E-state index contributed by atoms with van der Waals surface area (Å²) in [7, 11) is 0. The van der Waals surface area contributed by atoms with E-state index in [0.29, 0.717) is 5.54 Å². The summed E-state index contributed by atoms with van der Waals surface area (Å²) in [6.45, 7) is 8.13. The molecule has 0 radical (unpaired) electrons. The van der Waals surface area contributed by atoms with Crippen molar-refractivity contribution < 1.29 is 0 Å². The van der Waals surface area contributed by atoms with Gasteiger partial charge in [0.05, 0.1) is 0 Å². The molecule has 1 aliphatic carbocycles. The molecule has 0 amide bonds. The first kappa shape index (κ1) is 15.7. The van der Waals surface area contributed by atoms with Gasteiger partial charge in [0.2, 0.25) is 0 Å². The lowest BCUT2D eigenvalue weighted by Crippen LogP contribution is -2.57. The van der Waals surface area contributed by atoms with Gasteiger partial charge >= 0.3 is 0 Å². The Morgan fingerprint density at radius 3 is 2.84 bits per heavy atom. The number of hydrogen-bond acceptors (Lipinski definition) is 3. The van der Waals surface area contributed by atoms with Crippen LogP contribution in [0.15, 0.2) is 0 Å². The Balaban J connectivity index is 2.02. The average molecular weight is 285 g/mol. The first-order chi connectivity index (χ1) is 9.16. The molecule has 2 atom stereocenters. The van der Waals surface area contributed by atoms with E-state index in [1.807, 2.05) is 0 Å². The molecule has 2 N–H and O–H groups in total. The van der Waals surface area contributed by atoms with Gasteiger partial charge in [-0.1, -0.05) is 26.7 Å². The van der Waals surface area contributed by atoms with Crippen LogP contribution < -0.4 is 5.73 Å². The van der Waals surface area contributed by atoms with Crippen molar-refractivity contribution in [3.8, 4) is 0 Å². The molecule has 1 heterocycles. The summed E-state index contributed by atoms with van der Waals surface area (Å²) in [5.41, 5.74) is 6.60. The molecule has 1 aliphatic heterocycles. The van der Waals surface area contributed by atoms with E-state index in [2.05, 4.69) is 30.5 Å². The Bertz CT molecular complexity index is 261. The minimum atomic E-state index is 0.336. The molecule has 0 aromatic heterocycles. The molecule has 1 saturated carbocycles. The molecule has 0 spiro atoms. The summed E-state index contributed by atoms with van der Waals surface area (Å²) in [6, 6.07) is 0. The van der Waals surface area contributed by atoms with Crippen LogP contribution in [-0.4, -0.2) is 41.6 Å². The molecule has 1 saturated heterocycles. The van der Waals surface area contributed by atoms with Crippen molar-refractivity contribution >= 4 is 11.8 Å². The molecule has 2 aliphatic rings. The van der Waals surface area contributed by atoms with Gasteiger partial charge in [0.15, 0.2) is 0 Å². The zero-order valence-electron chi connectivity index (χ0n) is 12.9. The van der Waals surface area contributed by atoms with Crippen LogP contribution in [0.1, 0.15) is 52.4 Å². The van der Waals surface area contributed by atoms with Gasteiger partial charge in [0.1, 0.15) is 0 Å². The van der Waals surface area contributed by atoms with Crippen molar-refractivity contribution in [2.45, 2.75) is 57.9 Å². The van der Waals surface area contributed by atoms with Crippen molar-refractivity contribution in [3.05, 3.63) is 0 Å². The summed E-state index contributed by atoms with van der Waals surface area (Å²) in [5.74, 6) is 4.38. The van der Waals surface area contributed by atoms with Crippen LogP contribution in [0.4, 0.5) is 0 Å². The second-order valence-corrected chi connectivity index (χ2v) is 8.20. The van der Waals surface area contributed by atoms with E-state index in [0.717, 1.165) is 18.4 Å². The van der Waals surface area contributed by atoms with Crippen molar-refractivity contribution in [2.24, 2.45) is 17.6 Å². The number of hydrogen-bond donors (Lipinski definition) is 1. The zero-order valence-corrected chi connectivity index (χ0v) is 13.7. The van der Waals surface area contributed by atoms with Gasteiger partial charge in [0.25, 0.3) is 0 Å². The van der Waals surface area contributed by atoms with Gasteiger partial charge in [-0.3, -0.25) is 4.90 Å². The highest BCUT2D eigenvalue weighted by Crippen LogP contribution is 2.39. The standard InChI is InChI=1S/C16H32N2S/c1-14(2)11-15-5-3-6-16(12-15,13-17)18-7-4-9-19-10-8-18/h14-15H,3-13,17H2,1-2H3. The van der Waals surface area contributed by atoms with E-state index in [9.17, 15) is 0 Å². The summed E-state index contributed by atoms with van der Waals surface area (Å²) < 4.78 is 0. The van der Waals surface area contributed by atoms with Crippen molar-refractivity contribution in [3.63, 3.8) is 0 Å². The van der Waals surface area contributed by atoms with Crippen LogP contribution in [0.3, 0.4) is 0 Å². The molecule has 0 bridgehead atoms. The summed E-state index contributed by atoms with van der Waals surface area (Å²) >= 11 is 2.12. The molecule has 112 valence electrons. The topological polar surface area (TPSA) is 29.3 Å². The molecule has 0 aromatic carbocycles. The number of nitrogens with zero attached hydrogens (tertiary/aromatic N) is 1. The molecule has 2 fully saturated rings. The minimum absolute atomic E-state index is 0.336. The van der Waals surface area contributed by atoms with Crippen molar-refractivity contribution in [1.29, 1.82) is 0 Å². The fourth-order valence-corrected chi connectivity index (χ4v) is 5.04. The summed E-state index contributed by atoms with van der Waals surface area (Å²) in [4.78, 5) is 2.76. The van der Waals surface area contributed by atoms with Crippen LogP contribution >= 0.6 is 11.8 Å². The van der Waals surface area contributed by atoms with E-state index in [-0.39, 0.29) is 0 Å². The molecule has 2 nitrogen and oxygen atoms in total. The molecule has 2 rings (SSSR count). The molecule has 19 heavy (non-hydrogen) atoms. The van der Waals surface area contributed by atoms with E-state index in [4.69, 9.17) is 5.73 Å². The largest absolute Gasteiger partial charge is 0.329 e. The predicted molar refractivity (Wildman–Crippen MR) is 86.7 cm³/mol. The highest BCUT2D eigenvalue weighted by Gasteiger charge is 2.40. The van der Waals surface area contributed by atoms with Gasteiger partial charge < -0.3 is 5.73 Å². The number of nitrogens with two attached hydrogens (primary N) is 1. The van der Waals surface area contributed by atoms with Crippen molar-refractivity contribution in [2.75, 3.05) is 31.1 Å². The Kier molecular flexibility index (Phi) is 6.04. The fourth-order valence-electron chi connectivity index (χ4n) is 4.15. The van der Waals surface area contributed by atoms with Gasteiger partial charge in [0, 0.05) is 24.4 Å². The van der Waals surface area contributed by atoms with E-state index < -0.39 is 0 Å². The summed E-state index contributed by atoms with van der Waals surface area (Å²) in [5, 5.41) is 0. The molecular weight excluding hydrogens is 252 g/mol. The first-order valence-corrected chi connectivity index (χ1v) is 9.34. The normalized spacial score (nSPS) is 34.4. The van der Waals surface area contributed by atoms with Crippen LogP contribution in [0.2, 0.25) is 0 Å². The Morgan fingerprint density at radius 2 is 2.11 bits per heavy atom. The monoisotopic (exact) mass is 284 g/mol. The summed E-state index contributed by atoms with van der Waals surface area (Å²) in [6.07, 6.45) is 8.25. The molecular formula is C16H32N2S. The van der Waals surface area contributed by atoms with E-state index >= 15 is 0 Å². The third kappa shape index (κ3) is 4.12. The Labute approximate surface area is 123 Å². The Hall–Kier alpha value is 0.270. The smallest absolute Gasteiger partial charge is 0.0334 e. The van der Waals surface area contributed by atoms with Gasteiger partial charge in [-0.05, 0) is 49.8 Å². The number of rotatable bonds is 4. The third-order valence-corrected chi connectivity index (χ3v) is 6.05. The maximum atomic E-state index is 6.26. The van der Waals surface area contributed by atoms with E-state index in [1.165, 1.54) is 63.1 Å². The Morgan fingerprint density at radius 1 is 1.26 bits per heavy atom. The zero-order chi connectivity index (χ0) is 13.7. The van der Waals surface area contributed by atoms with E-state index in [1.54, 1.807) is 0 Å². The van der Waals surface area contributed by atoms with Gasteiger partial charge in [-0.25, -0.2) is 0 Å². The number of thioether (sulfide) groups is 1. The fraction of sp³-hybridized carbons (Fsp3) is 1.00. The third-order valence-electron chi connectivity index (χ3n) is 5.00. The van der Waals surface area contributed by atoms with Crippen LogP contribution in [0.5, 0.6) is 0 Å². The lowest BCUT2D eigenvalue weighted by molar-refractivity contribution is 0.0372. The minimum Gasteiger partial charge on any atom is -0.329 e. The van der Waals surface area contributed by atoms with Crippen LogP contribution in [-0.2, 0) is 0 Å².